The number of benzene rings is 1. The summed E-state index contributed by atoms with van der Waals surface area (Å²) in [6.07, 6.45) is 3.84. The van der Waals surface area contributed by atoms with Crippen LogP contribution in [0.4, 0.5) is 5.69 Å². The number of aromatic amines is 1. The van der Waals surface area contributed by atoms with Gasteiger partial charge in [0.1, 0.15) is 0 Å². The minimum absolute atomic E-state index is 0.0383. The lowest BCUT2D eigenvalue weighted by molar-refractivity contribution is -0.117. The molecule has 0 spiro atoms. The van der Waals surface area contributed by atoms with E-state index in [0.717, 1.165) is 36.0 Å². The van der Waals surface area contributed by atoms with Crippen LogP contribution in [-0.4, -0.2) is 23.5 Å². The van der Waals surface area contributed by atoms with Gasteiger partial charge in [0.25, 0.3) is 0 Å². The van der Waals surface area contributed by atoms with Gasteiger partial charge in [0, 0.05) is 17.1 Å². The molecule has 0 saturated carbocycles. The zero-order valence-electron chi connectivity index (χ0n) is 9.49. The first-order valence-corrected chi connectivity index (χ1v) is 5.95. The molecule has 0 aliphatic carbocycles. The number of fused-ring (bicyclic) bond motifs is 1. The molecular weight excluding hydrogens is 214 g/mol. The van der Waals surface area contributed by atoms with E-state index in [1.807, 2.05) is 30.5 Å². The number of amides is 1. The quantitative estimate of drug-likeness (QED) is 0.736. The fraction of sp³-hybridized carbons (Fsp3) is 0.308. The predicted octanol–water partition coefficient (Wildman–Crippen LogP) is 1.86. The van der Waals surface area contributed by atoms with Gasteiger partial charge in [0.2, 0.25) is 5.91 Å². The van der Waals surface area contributed by atoms with Gasteiger partial charge in [-0.05, 0) is 25.5 Å². The van der Waals surface area contributed by atoms with E-state index in [4.69, 9.17) is 0 Å². The standard InChI is InChI=1S/C13H15N3O/c17-13(11-6-3-7-14-11)16-12-8-15-10-5-2-1-4-9(10)12/h1-2,4-5,8,11,14-15H,3,6-7H2,(H,16,17). The smallest absolute Gasteiger partial charge is 0.241 e. The van der Waals surface area contributed by atoms with Crippen molar-refractivity contribution in [2.24, 2.45) is 0 Å². The van der Waals surface area contributed by atoms with Crippen molar-refractivity contribution in [2.45, 2.75) is 18.9 Å². The Hall–Kier alpha value is -1.81. The monoisotopic (exact) mass is 229 g/mol. The van der Waals surface area contributed by atoms with Crippen molar-refractivity contribution < 1.29 is 4.79 Å². The van der Waals surface area contributed by atoms with Crippen LogP contribution >= 0.6 is 0 Å². The Kier molecular flexibility index (Phi) is 2.57. The molecule has 1 fully saturated rings. The number of hydrogen-bond donors (Lipinski definition) is 3. The molecule has 17 heavy (non-hydrogen) atoms. The van der Waals surface area contributed by atoms with Gasteiger partial charge in [-0.2, -0.15) is 0 Å². The topological polar surface area (TPSA) is 56.9 Å². The second kappa shape index (κ2) is 4.22. The number of para-hydroxylation sites is 1. The Morgan fingerprint density at radius 1 is 1.35 bits per heavy atom. The zero-order valence-corrected chi connectivity index (χ0v) is 9.49. The number of hydrogen-bond acceptors (Lipinski definition) is 2. The minimum atomic E-state index is -0.0383. The van der Waals surface area contributed by atoms with Crippen molar-refractivity contribution in [1.29, 1.82) is 0 Å². The van der Waals surface area contributed by atoms with Crippen molar-refractivity contribution in [3.8, 4) is 0 Å². The highest BCUT2D eigenvalue weighted by molar-refractivity contribution is 6.03. The first kappa shape index (κ1) is 10.4. The van der Waals surface area contributed by atoms with E-state index in [1.165, 1.54) is 0 Å². The average Bonchev–Trinajstić information content (AvgIpc) is 2.98. The van der Waals surface area contributed by atoms with Crippen molar-refractivity contribution >= 4 is 22.5 Å². The van der Waals surface area contributed by atoms with E-state index in [2.05, 4.69) is 15.6 Å². The molecule has 1 amide bonds. The van der Waals surface area contributed by atoms with Crippen molar-refractivity contribution in [3.63, 3.8) is 0 Å². The van der Waals surface area contributed by atoms with Crippen molar-refractivity contribution in [3.05, 3.63) is 30.5 Å². The Bertz CT molecular complexity index is 540. The summed E-state index contributed by atoms with van der Waals surface area (Å²) in [5.41, 5.74) is 1.90. The molecule has 1 unspecified atom stereocenters. The van der Waals surface area contributed by atoms with Crippen LogP contribution in [-0.2, 0) is 4.79 Å². The normalized spacial score (nSPS) is 19.6. The van der Waals surface area contributed by atoms with Gasteiger partial charge in [0.15, 0.2) is 0 Å². The summed E-state index contributed by atoms with van der Waals surface area (Å²) in [6.45, 7) is 0.936. The summed E-state index contributed by atoms with van der Waals surface area (Å²) >= 11 is 0. The highest BCUT2D eigenvalue weighted by Crippen LogP contribution is 2.23. The van der Waals surface area contributed by atoms with Gasteiger partial charge in [0.05, 0.1) is 11.7 Å². The number of H-pyrrole nitrogens is 1. The third-order valence-corrected chi connectivity index (χ3v) is 3.22. The molecule has 1 aromatic carbocycles. The summed E-state index contributed by atoms with van der Waals surface area (Å²) < 4.78 is 0. The van der Waals surface area contributed by atoms with Crippen molar-refractivity contribution in [2.75, 3.05) is 11.9 Å². The molecule has 1 aromatic heterocycles. The van der Waals surface area contributed by atoms with Crippen LogP contribution < -0.4 is 10.6 Å². The van der Waals surface area contributed by atoms with E-state index in [9.17, 15) is 4.79 Å². The Balaban J connectivity index is 1.82. The molecule has 0 radical (unpaired) electrons. The Morgan fingerprint density at radius 3 is 3.06 bits per heavy atom. The lowest BCUT2D eigenvalue weighted by atomic mass is 10.2. The summed E-state index contributed by atoms with van der Waals surface area (Å²) in [4.78, 5) is 15.1. The van der Waals surface area contributed by atoms with Crippen LogP contribution in [0.5, 0.6) is 0 Å². The van der Waals surface area contributed by atoms with E-state index >= 15 is 0 Å². The summed E-state index contributed by atoms with van der Waals surface area (Å²) in [5, 5.41) is 7.22. The zero-order chi connectivity index (χ0) is 11.7. The lowest BCUT2D eigenvalue weighted by Gasteiger charge is -2.10. The number of rotatable bonds is 2. The third-order valence-electron chi connectivity index (χ3n) is 3.22. The van der Waals surface area contributed by atoms with E-state index < -0.39 is 0 Å². The van der Waals surface area contributed by atoms with Crippen LogP contribution in [0.1, 0.15) is 12.8 Å². The highest BCUT2D eigenvalue weighted by Gasteiger charge is 2.22. The van der Waals surface area contributed by atoms with Gasteiger partial charge in [-0.25, -0.2) is 0 Å². The molecule has 4 heteroatoms. The van der Waals surface area contributed by atoms with Crippen LogP contribution in [0.2, 0.25) is 0 Å². The van der Waals surface area contributed by atoms with E-state index in [0.29, 0.717) is 0 Å². The van der Waals surface area contributed by atoms with Gasteiger partial charge in [-0.15, -0.1) is 0 Å². The lowest BCUT2D eigenvalue weighted by Crippen LogP contribution is -2.35. The van der Waals surface area contributed by atoms with Gasteiger partial charge < -0.3 is 15.6 Å². The number of carbonyl (C=O) groups excluding carboxylic acids is 1. The fourth-order valence-electron chi connectivity index (χ4n) is 2.30. The molecule has 3 N–H and O–H groups in total. The summed E-state index contributed by atoms with van der Waals surface area (Å²) in [6, 6.07) is 7.91. The van der Waals surface area contributed by atoms with Crippen LogP contribution in [0.3, 0.4) is 0 Å². The maximum Gasteiger partial charge on any atom is 0.241 e. The van der Waals surface area contributed by atoms with Crippen LogP contribution in [0, 0.1) is 0 Å². The molecule has 1 atom stereocenters. The molecule has 1 aliphatic heterocycles. The predicted molar refractivity (Wildman–Crippen MR) is 68.0 cm³/mol. The molecule has 3 rings (SSSR count). The first-order chi connectivity index (χ1) is 8.34. The Labute approximate surface area is 99.4 Å². The van der Waals surface area contributed by atoms with E-state index in [1.54, 1.807) is 0 Å². The molecule has 2 heterocycles. The van der Waals surface area contributed by atoms with Crippen LogP contribution in [0.15, 0.2) is 30.5 Å². The fourth-order valence-corrected chi connectivity index (χ4v) is 2.30. The number of carbonyl (C=O) groups is 1. The molecule has 1 saturated heterocycles. The van der Waals surface area contributed by atoms with Gasteiger partial charge in [-0.1, -0.05) is 18.2 Å². The Morgan fingerprint density at radius 2 is 2.24 bits per heavy atom. The second-order valence-corrected chi connectivity index (χ2v) is 4.39. The molecule has 2 aromatic rings. The first-order valence-electron chi connectivity index (χ1n) is 5.95. The maximum atomic E-state index is 12.0. The molecule has 88 valence electrons. The largest absolute Gasteiger partial charge is 0.359 e. The maximum absolute atomic E-state index is 12.0. The highest BCUT2D eigenvalue weighted by atomic mass is 16.2. The molecular formula is C13H15N3O. The number of aromatic nitrogens is 1. The van der Waals surface area contributed by atoms with E-state index in [-0.39, 0.29) is 11.9 Å². The molecule has 4 nitrogen and oxygen atoms in total. The summed E-state index contributed by atoms with van der Waals surface area (Å²) in [7, 11) is 0. The summed E-state index contributed by atoms with van der Waals surface area (Å²) in [5.74, 6) is 0.0623. The second-order valence-electron chi connectivity index (χ2n) is 4.39. The van der Waals surface area contributed by atoms with Gasteiger partial charge >= 0.3 is 0 Å². The van der Waals surface area contributed by atoms with Crippen LogP contribution in [0.25, 0.3) is 10.9 Å². The number of nitrogens with one attached hydrogen (secondary N) is 3. The van der Waals surface area contributed by atoms with Crippen molar-refractivity contribution in [1.82, 2.24) is 10.3 Å². The minimum Gasteiger partial charge on any atom is -0.359 e. The number of anilines is 1. The van der Waals surface area contributed by atoms with Gasteiger partial charge in [-0.3, -0.25) is 4.79 Å². The molecule has 1 aliphatic rings. The average molecular weight is 229 g/mol. The molecule has 0 bridgehead atoms. The SMILES string of the molecule is O=C(Nc1c[nH]c2ccccc12)C1CCCN1. The third kappa shape index (κ3) is 1.91.